The molecule has 0 aromatic carbocycles. The lowest BCUT2D eigenvalue weighted by Crippen LogP contribution is -2.24. The number of aliphatic hydroxyl groups excluding tert-OH is 1. The van der Waals surface area contributed by atoms with Crippen LogP contribution < -0.4 is 11.1 Å². The van der Waals surface area contributed by atoms with Crippen molar-refractivity contribution < 1.29 is 9.90 Å². The lowest BCUT2D eigenvalue weighted by molar-refractivity contribution is -0.121. The predicted molar refractivity (Wildman–Crippen MR) is 61.4 cm³/mol. The maximum atomic E-state index is 11.2. The molecule has 0 rings (SSSR count). The third-order valence-electron chi connectivity index (χ3n) is 2.23. The number of hydrogen-bond donors (Lipinski definition) is 3. The Bertz CT molecular complexity index is 161. The van der Waals surface area contributed by atoms with Crippen LogP contribution in [0.5, 0.6) is 0 Å². The summed E-state index contributed by atoms with van der Waals surface area (Å²) in [6.07, 6.45) is 4.84. The number of aliphatic hydroxyl groups is 1. The maximum absolute atomic E-state index is 11.2. The molecule has 0 aliphatic heterocycles. The van der Waals surface area contributed by atoms with Gasteiger partial charge in [-0.2, -0.15) is 0 Å². The van der Waals surface area contributed by atoms with Crippen molar-refractivity contribution in [2.24, 2.45) is 5.73 Å². The summed E-state index contributed by atoms with van der Waals surface area (Å²) >= 11 is 0. The van der Waals surface area contributed by atoms with Gasteiger partial charge in [-0.3, -0.25) is 4.79 Å². The van der Waals surface area contributed by atoms with Gasteiger partial charge in [0.05, 0.1) is 6.10 Å². The van der Waals surface area contributed by atoms with E-state index < -0.39 is 0 Å². The molecule has 0 bridgehead atoms. The van der Waals surface area contributed by atoms with Crippen LogP contribution in [0.3, 0.4) is 0 Å². The highest BCUT2D eigenvalue weighted by molar-refractivity contribution is 5.75. The number of carbonyl (C=O) groups is 1. The summed E-state index contributed by atoms with van der Waals surface area (Å²) in [7, 11) is 0. The SMILES string of the molecule is CC(O)CCCNC(=O)CCCCCN. The average Bonchev–Trinajstić information content (AvgIpc) is 2.19. The standard InChI is InChI=1S/C11H24N2O2/c1-10(14)6-5-9-13-11(15)7-3-2-4-8-12/h10,14H,2-9,12H2,1H3,(H,13,15). The minimum atomic E-state index is -0.272. The molecule has 4 heteroatoms. The second-order valence-corrected chi connectivity index (χ2v) is 3.94. The molecule has 4 nitrogen and oxygen atoms in total. The molecule has 0 saturated heterocycles. The van der Waals surface area contributed by atoms with Crippen molar-refractivity contribution in [3.05, 3.63) is 0 Å². The lowest BCUT2D eigenvalue weighted by atomic mass is 10.2. The number of nitrogens with two attached hydrogens (primary N) is 1. The van der Waals surface area contributed by atoms with E-state index in [0.29, 0.717) is 19.5 Å². The van der Waals surface area contributed by atoms with E-state index in [0.717, 1.165) is 32.1 Å². The van der Waals surface area contributed by atoms with E-state index in [1.807, 2.05) is 0 Å². The molecule has 0 radical (unpaired) electrons. The van der Waals surface area contributed by atoms with Crippen LogP contribution in [0.15, 0.2) is 0 Å². The molecule has 4 N–H and O–H groups in total. The van der Waals surface area contributed by atoms with E-state index in [1.54, 1.807) is 6.92 Å². The second-order valence-electron chi connectivity index (χ2n) is 3.94. The highest BCUT2D eigenvalue weighted by Crippen LogP contribution is 1.99. The van der Waals surface area contributed by atoms with Crippen LogP contribution in [0.25, 0.3) is 0 Å². The van der Waals surface area contributed by atoms with Gasteiger partial charge < -0.3 is 16.2 Å². The van der Waals surface area contributed by atoms with Gasteiger partial charge >= 0.3 is 0 Å². The molecule has 90 valence electrons. The summed E-state index contributed by atoms with van der Waals surface area (Å²) in [5.41, 5.74) is 5.35. The van der Waals surface area contributed by atoms with Crippen LogP contribution in [-0.4, -0.2) is 30.2 Å². The van der Waals surface area contributed by atoms with E-state index in [4.69, 9.17) is 10.8 Å². The first-order valence-electron chi connectivity index (χ1n) is 5.81. The van der Waals surface area contributed by atoms with Gasteiger partial charge in [-0.15, -0.1) is 0 Å². The summed E-state index contributed by atoms with van der Waals surface area (Å²) < 4.78 is 0. The minimum absolute atomic E-state index is 0.109. The summed E-state index contributed by atoms with van der Waals surface area (Å²) in [5.74, 6) is 0.109. The van der Waals surface area contributed by atoms with Crippen molar-refractivity contribution in [1.82, 2.24) is 5.32 Å². The topological polar surface area (TPSA) is 75.3 Å². The van der Waals surface area contributed by atoms with E-state index in [2.05, 4.69) is 5.32 Å². The summed E-state index contributed by atoms with van der Waals surface area (Å²) in [5, 5.41) is 11.8. The van der Waals surface area contributed by atoms with Gasteiger partial charge in [-0.05, 0) is 39.2 Å². The highest BCUT2D eigenvalue weighted by Gasteiger charge is 2.00. The Morgan fingerprint density at radius 2 is 2.07 bits per heavy atom. The fraction of sp³-hybridized carbons (Fsp3) is 0.909. The summed E-state index contributed by atoms with van der Waals surface area (Å²) in [6, 6.07) is 0. The van der Waals surface area contributed by atoms with Gasteiger partial charge in [-0.25, -0.2) is 0 Å². The summed E-state index contributed by atoms with van der Waals surface area (Å²) in [4.78, 5) is 11.2. The van der Waals surface area contributed by atoms with E-state index in [1.165, 1.54) is 0 Å². The van der Waals surface area contributed by atoms with Crippen molar-refractivity contribution >= 4 is 5.91 Å². The monoisotopic (exact) mass is 216 g/mol. The summed E-state index contributed by atoms with van der Waals surface area (Å²) in [6.45, 7) is 3.13. The number of hydrogen-bond acceptors (Lipinski definition) is 3. The predicted octanol–water partition coefficient (Wildman–Crippen LogP) is 0.783. The Labute approximate surface area is 92.2 Å². The fourth-order valence-corrected chi connectivity index (χ4v) is 1.32. The maximum Gasteiger partial charge on any atom is 0.219 e. The van der Waals surface area contributed by atoms with Crippen LogP contribution in [0.2, 0.25) is 0 Å². The first-order valence-corrected chi connectivity index (χ1v) is 5.81. The Morgan fingerprint density at radius 3 is 2.67 bits per heavy atom. The van der Waals surface area contributed by atoms with Crippen molar-refractivity contribution in [3.63, 3.8) is 0 Å². The average molecular weight is 216 g/mol. The zero-order valence-electron chi connectivity index (χ0n) is 9.67. The van der Waals surface area contributed by atoms with Gasteiger partial charge in [0.15, 0.2) is 0 Å². The molecule has 0 aromatic heterocycles. The molecule has 0 heterocycles. The normalized spacial score (nSPS) is 12.5. The molecule has 0 fully saturated rings. The van der Waals surface area contributed by atoms with Gasteiger partial charge in [0.1, 0.15) is 0 Å². The molecular formula is C11H24N2O2. The first kappa shape index (κ1) is 14.4. The van der Waals surface area contributed by atoms with Crippen molar-refractivity contribution in [1.29, 1.82) is 0 Å². The quantitative estimate of drug-likeness (QED) is 0.499. The number of amides is 1. The smallest absolute Gasteiger partial charge is 0.219 e. The minimum Gasteiger partial charge on any atom is -0.393 e. The zero-order valence-corrected chi connectivity index (χ0v) is 9.67. The second kappa shape index (κ2) is 9.93. The fourth-order valence-electron chi connectivity index (χ4n) is 1.32. The molecular weight excluding hydrogens is 192 g/mol. The Morgan fingerprint density at radius 1 is 1.33 bits per heavy atom. The lowest BCUT2D eigenvalue weighted by Gasteiger charge is -2.06. The van der Waals surface area contributed by atoms with Crippen molar-refractivity contribution in [3.8, 4) is 0 Å². The Balaban J connectivity index is 3.19. The van der Waals surface area contributed by atoms with Gasteiger partial charge in [0.2, 0.25) is 5.91 Å². The van der Waals surface area contributed by atoms with Crippen molar-refractivity contribution in [2.45, 2.75) is 51.6 Å². The van der Waals surface area contributed by atoms with Crippen LogP contribution in [0.1, 0.15) is 45.4 Å². The molecule has 1 unspecified atom stereocenters. The molecule has 0 aliphatic carbocycles. The number of unbranched alkanes of at least 4 members (excludes halogenated alkanes) is 2. The molecule has 0 spiro atoms. The number of carbonyl (C=O) groups excluding carboxylic acids is 1. The molecule has 0 aliphatic rings. The van der Waals surface area contributed by atoms with Crippen LogP contribution in [0.4, 0.5) is 0 Å². The number of rotatable bonds is 9. The van der Waals surface area contributed by atoms with Crippen LogP contribution in [-0.2, 0) is 4.79 Å². The molecule has 0 aromatic rings. The van der Waals surface area contributed by atoms with Crippen LogP contribution >= 0.6 is 0 Å². The molecule has 1 atom stereocenters. The van der Waals surface area contributed by atoms with E-state index in [9.17, 15) is 4.79 Å². The third kappa shape index (κ3) is 11.3. The van der Waals surface area contributed by atoms with Gasteiger partial charge in [0.25, 0.3) is 0 Å². The van der Waals surface area contributed by atoms with E-state index in [-0.39, 0.29) is 12.0 Å². The molecule has 15 heavy (non-hydrogen) atoms. The van der Waals surface area contributed by atoms with E-state index >= 15 is 0 Å². The molecule has 0 saturated carbocycles. The van der Waals surface area contributed by atoms with Crippen molar-refractivity contribution in [2.75, 3.05) is 13.1 Å². The Hall–Kier alpha value is -0.610. The molecule has 1 amide bonds. The largest absolute Gasteiger partial charge is 0.393 e. The zero-order chi connectivity index (χ0) is 11.5. The third-order valence-corrected chi connectivity index (χ3v) is 2.23. The van der Waals surface area contributed by atoms with Gasteiger partial charge in [-0.1, -0.05) is 6.42 Å². The Kier molecular flexibility index (Phi) is 9.52. The van der Waals surface area contributed by atoms with Gasteiger partial charge in [0, 0.05) is 13.0 Å². The van der Waals surface area contributed by atoms with Crippen LogP contribution in [0, 0.1) is 0 Å². The first-order chi connectivity index (χ1) is 7.16. The number of nitrogens with one attached hydrogen (secondary N) is 1. The highest BCUT2D eigenvalue weighted by atomic mass is 16.3.